The van der Waals surface area contributed by atoms with E-state index < -0.39 is 0 Å². The summed E-state index contributed by atoms with van der Waals surface area (Å²) in [4.78, 5) is 14.1. The minimum Gasteiger partial charge on any atom is -0.370 e. The van der Waals surface area contributed by atoms with Gasteiger partial charge in [-0.1, -0.05) is 0 Å². The molecule has 4 nitrogen and oxygen atoms in total. The number of carbonyl (C=O) groups excluding carboxylic acids is 1. The molecule has 6 heteroatoms. The molecule has 0 unspecified atom stereocenters. The number of hydrogen-bond donors (Lipinski definition) is 2. The molecule has 100 valence electrons. The summed E-state index contributed by atoms with van der Waals surface area (Å²) in [5.74, 6) is 4.58. The molecular formula is C13H14FN3OS. The SMILES string of the molecule is CN(Cc1ccsc1C(=O)NN)c1ccc(F)cc1. The van der Waals surface area contributed by atoms with E-state index in [4.69, 9.17) is 5.84 Å². The van der Waals surface area contributed by atoms with Gasteiger partial charge < -0.3 is 4.90 Å². The lowest BCUT2D eigenvalue weighted by molar-refractivity contribution is 0.0957. The van der Waals surface area contributed by atoms with Crippen LogP contribution in [0, 0.1) is 5.82 Å². The number of halogens is 1. The summed E-state index contributed by atoms with van der Waals surface area (Å²) in [7, 11) is 1.88. The largest absolute Gasteiger partial charge is 0.370 e. The van der Waals surface area contributed by atoms with E-state index in [2.05, 4.69) is 5.43 Å². The maximum atomic E-state index is 12.9. The summed E-state index contributed by atoms with van der Waals surface area (Å²) in [5, 5.41) is 1.85. The van der Waals surface area contributed by atoms with E-state index in [1.807, 2.05) is 23.4 Å². The molecule has 2 rings (SSSR count). The van der Waals surface area contributed by atoms with Gasteiger partial charge >= 0.3 is 0 Å². The van der Waals surface area contributed by atoms with Crippen molar-refractivity contribution in [2.75, 3.05) is 11.9 Å². The Bertz CT molecular complexity index is 568. The molecule has 0 aliphatic carbocycles. The van der Waals surface area contributed by atoms with Crippen molar-refractivity contribution >= 4 is 22.9 Å². The smallest absolute Gasteiger partial charge is 0.275 e. The van der Waals surface area contributed by atoms with Crippen molar-refractivity contribution in [3.8, 4) is 0 Å². The minimum atomic E-state index is -0.294. The number of nitrogen functional groups attached to an aromatic ring is 1. The minimum absolute atomic E-state index is 0.268. The van der Waals surface area contributed by atoms with Crippen LogP contribution in [0.2, 0.25) is 0 Å². The topological polar surface area (TPSA) is 58.4 Å². The van der Waals surface area contributed by atoms with Crippen LogP contribution in [0.4, 0.5) is 10.1 Å². The predicted octanol–water partition coefficient (Wildman–Crippen LogP) is 2.13. The van der Waals surface area contributed by atoms with Crippen molar-refractivity contribution in [2.24, 2.45) is 5.84 Å². The van der Waals surface area contributed by atoms with E-state index >= 15 is 0 Å². The number of nitrogens with zero attached hydrogens (tertiary/aromatic N) is 1. The highest BCUT2D eigenvalue weighted by molar-refractivity contribution is 7.12. The second-order valence-corrected chi connectivity index (χ2v) is 5.00. The highest BCUT2D eigenvalue weighted by Gasteiger charge is 2.13. The summed E-state index contributed by atoms with van der Waals surface area (Å²) in [5.41, 5.74) is 3.90. The lowest BCUT2D eigenvalue weighted by atomic mass is 10.2. The Morgan fingerprint density at radius 2 is 2.05 bits per heavy atom. The average molecular weight is 279 g/mol. The fraction of sp³-hybridized carbons (Fsp3) is 0.154. The van der Waals surface area contributed by atoms with E-state index in [1.54, 1.807) is 12.1 Å². The third-order valence-electron chi connectivity index (χ3n) is 2.76. The summed E-state index contributed by atoms with van der Waals surface area (Å²) in [6.45, 7) is 0.553. The molecule has 0 atom stereocenters. The van der Waals surface area contributed by atoms with Gasteiger partial charge in [0.25, 0.3) is 5.91 Å². The average Bonchev–Trinajstić information content (AvgIpc) is 2.86. The fourth-order valence-corrected chi connectivity index (χ4v) is 2.59. The summed E-state index contributed by atoms with van der Waals surface area (Å²) >= 11 is 1.34. The second-order valence-electron chi connectivity index (χ2n) is 4.08. The van der Waals surface area contributed by atoms with Gasteiger partial charge in [-0.05, 0) is 41.3 Å². The van der Waals surface area contributed by atoms with Crippen molar-refractivity contribution in [1.29, 1.82) is 0 Å². The molecule has 1 aromatic heterocycles. The molecule has 0 radical (unpaired) electrons. The maximum absolute atomic E-state index is 12.9. The molecule has 0 bridgehead atoms. The number of benzene rings is 1. The van der Waals surface area contributed by atoms with Gasteiger partial charge in [-0.15, -0.1) is 11.3 Å². The second kappa shape index (κ2) is 5.81. The molecule has 0 fully saturated rings. The van der Waals surface area contributed by atoms with Crippen LogP contribution in [0.5, 0.6) is 0 Å². The molecular weight excluding hydrogens is 265 g/mol. The van der Waals surface area contributed by atoms with E-state index in [0.29, 0.717) is 11.4 Å². The van der Waals surface area contributed by atoms with E-state index in [0.717, 1.165) is 11.3 Å². The van der Waals surface area contributed by atoms with Gasteiger partial charge in [0.15, 0.2) is 0 Å². The monoisotopic (exact) mass is 279 g/mol. The standard InChI is InChI=1S/C13H14FN3OS/c1-17(11-4-2-10(14)3-5-11)8-9-6-7-19-12(9)13(18)16-15/h2-7H,8,15H2,1H3,(H,16,18). The molecule has 0 aliphatic rings. The van der Waals surface area contributed by atoms with Gasteiger partial charge in [0.1, 0.15) is 5.82 Å². The first kappa shape index (κ1) is 13.5. The van der Waals surface area contributed by atoms with Gasteiger partial charge in [-0.25, -0.2) is 10.2 Å². The van der Waals surface area contributed by atoms with Crippen LogP contribution in [0.3, 0.4) is 0 Å². The lowest BCUT2D eigenvalue weighted by Gasteiger charge is -2.19. The van der Waals surface area contributed by atoms with Gasteiger partial charge in [-0.2, -0.15) is 0 Å². The molecule has 0 saturated carbocycles. The quantitative estimate of drug-likeness (QED) is 0.512. The third-order valence-corrected chi connectivity index (χ3v) is 3.71. The van der Waals surface area contributed by atoms with Gasteiger partial charge in [0.05, 0.1) is 4.88 Å². The van der Waals surface area contributed by atoms with Crippen LogP contribution < -0.4 is 16.2 Å². The van der Waals surface area contributed by atoms with Crippen LogP contribution >= 0.6 is 11.3 Å². The summed E-state index contributed by atoms with van der Waals surface area (Å²) in [6, 6.07) is 8.10. The molecule has 3 N–H and O–H groups in total. The van der Waals surface area contributed by atoms with Gasteiger partial charge in [-0.3, -0.25) is 10.2 Å². The number of amides is 1. The van der Waals surface area contributed by atoms with E-state index in [-0.39, 0.29) is 11.7 Å². The number of anilines is 1. The Morgan fingerprint density at radius 3 is 2.68 bits per heavy atom. The van der Waals surface area contributed by atoms with Crippen molar-refractivity contribution in [1.82, 2.24) is 5.43 Å². The summed E-state index contributed by atoms with van der Waals surface area (Å²) in [6.07, 6.45) is 0. The van der Waals surface area contributed by atoms with E-state index in [9.17, 15) is 9.18 Å². The van der Waals surface area contributed by atoms with Crippen LogP contribution in [-0.4, -0.2) is 13.0 Å². The highest BCUT2D eigenvalue weighted by Crippen LogP contribution is 2.21. The molecule has 1 amide bonds. The van der Waals surface area contributed by atoms with Crippen molar-refractivity contribution in [3.05, 3.63) is 52.0 Å². The number of thiophene rings is 1. The van der Waals surface area contributed by atoms with Gasteiger partial charge in [0.2, 0.25) is 0 Å². The van der Waals surface area contributed by atoms with Crippen LogP contribution in [0.25, 0.3) is 0 Å². The number of carbonyl (C=O) groups is 1. The fourth-order valence-electron chi connectivity index (χ4n) is 1.77. The highest BCUT2D eigenvalue weighted by atomic mass is 32.1. The molecule has 0 spiro atoms. The first-order valence-electron chi connectivity index (χ1n) is 5.66. The predicted molar refractivity (Wildman–Crippen MR) is 74.5 cm³/mol. The summed E-state index contributed by atoms with van der Waals surface area (Å²) < 4.78 is 12.9. The molecule has 0 saturated heterocycles. The zero-order chi connectivity index (χ0) is 13.8. The number of hydrogen-bond acceptors (Lipinski definition) is 4. The first-order chi connectivity index (χ1) is 9.11. The molecule has 1 aromatic carbocycles. The Hall–Kier alpha value is -1.92. The maximum Gasteiger partial charge on any atom is 0.275 e. The third kappa shape index (κ3) is 3.10. The Morgan fingerprint density at radius 1 is 1.37 bits per heavy atom. The van der Waals surface area contributed by atoms with E-state index in [1.165, 1.54) is 23.5 Å². The number of nitrogens with one attached hydrogen (secondary N) is 1. The molecule has 2 aromatic rings. The lowest BCUT2D eigenvalue weighted by Crippen LogP contribution is -2.30. The molecule has 19 heavy (non-hydrogen) atoms. The molecule has 1 heterocycles. The van der Waals surface area contributed by atoms with Crippen molar-refractivity contribution in [2.45, 2.75) is 6.54 Å². The first-order valence-corrected chi connectivity index (χ1v) is 6.54. The van der Waals surface area contributed by atoms with Crippen molar-refractivity contribution in [3.63, 3.8) is 0 Å². The normalized spacial score (nSPS) is 10.3. The zero-order valence-corrected chi connectivity index (χ0v) is 11.2. The van der Waals surface area contributed by atoms with Crippen LogP contribution in [-0.2, 0) is 6.54 Å². The van der Waals surface area contributed by atoms with Crippen LogP contribution in [0.1, 0.15) is 15.2 Å². The Balaban J connectivity index is 2.15. The number of rotatable bonds is 4. The van der Waals surface area contributed by atoms with Gasteiger partial charge in [0, 0.05) is 19.3 Å². The van der Waals surface area contributed by atoms with Crippen molar-refractivity contribution < 1.29 is 9.18 Å². The number of hydrazine groups is 1. The zero-order valence-electron chi connectivity index (χ0n) is 10.4. The number of nitrogens with two attached hydrogens (primary N) is 1. The molecule has 0 aliphatic heterocycles. The Labute approximate surface area is 114 Å². The Kier molecular flexibility index (Phi) is 4.13. The van der Waals surface area contributed by atoms with Crippen LogP contribution in [0.15, 0.2) is 35.7 Å².